The molecule has 4 aliphatic rings. The fraction of sp³-hybridized carbons (Fsp3) is 0.440. The Kier molecular flexibility index (Phi) is 11.7. The predicted molar refractivity (Wildman–Crippen MR) is 228 cm³/mol. The Morgan fingerprint density at radius 2 is 1.38 bits per heavy atom. The van der Waals surface area contributed by atoms with E-state index in [4.69, 9.17) is 23.7 Å². The molecule has 2 saturated carbocycles. The van der Waals surface area contributed by atoms with E-state index in [1.54, 1.807) is 49.6 Å². The summed E-state index contributed by atoms with van der Waals surface area (Å²) >= 11 is 0. The van der Waals surface area contributed by atoms with Gasteiger partial charge in [-0.2, -0.15) is 0 Å². The lowest BCUT2D eigenvalue weighted by atomic mass is 9.72. The van der Waals surface area contributed by atoms with E-state index in [0.717, 1.165) is 84.4 Å². The summed E-state index contributed by atoms with van der Waals surface area (Å²) in [5.41, 5.74) is 4.45. The van der Waals surface area contributed by atoms with Gasteiger partial charge in [0.1, 0.15) is 46.4 Å². The zero-order valence-electron chi connectivity index (χ0n) is 34.2. The van der Waals surface area contributed by atoms with Crippen LogP contribution < -0.4 is 18.9 Å². The molecule has 2 aliphatic carbocycles. The first kappa shape index (κ1) is 40.3. The number of hydrogen-bond donors (Lipinski definition) is 5. The number of hydrogen-bond acceptors (Lipinski definition) is 10. The van der Waals surface area contributed by atoms with Crippen molar-refractivity contribution in [3.05, 3.63) is 101 Å². The highest BCUT2D eigenvalue weighted by Gasteiger charge is 2.48. The van der Waals surface area contributed by atoms with Gasteiger partial charge in [-0.05, 0) is 142 Å². The van der Waals surface area contributed by atoms with E-state index in [1.807, 2.05) is 36.4 Å². The molecule has 5 aromatic rings. The molecule has 0 spiro atoms. The highest BCUT2D eigenvalue weighted by molar-refractivity contribution is 5.96. The lowest BCUT2D eigenvalue weighted by molar-refractivity contribution is -0.0884. The summed E-state index contributed by atoms with van der Waals surface area (Å²) in [5.74, 6) is 1.60. The van der Waals surface area contributed by atoms with E-state index in [-0.39, 0.29) is 36.1 Å². The van der Waals surface area contributed by atoms with Crippen molar-refractivity contribution in [2.75, 3.05) is 20.3 Å². The molecule has 10 heteroatoms. The van der Waals surface area contributed by atoms with Gasteiger partial charge in [-0.1, -0.05) is 24.6 Å². The molecule has 2 heterocycles. The van der Waals surface area contributed by atoms with E-state index in [1.165, 1.54) is 6.42 Å². The largest absolute Gasteiger partial charge is 0.508 e. The Bertz CT molecular complexity index is 2310. The minimum atomic E-state index is -1.04. The number of rotatable bonds is 12. The van der Waals surface area contributed by atoms with Crippen LogP contribution in [0, 0.1) is 11.8 Å². The molecule has 0 aromatic heterocycles. The van der Waals surface area contributed by atoms with E-state index in [9.17, 15) is 25.5 Å². The number of phenolic OH excluding ortho intramolecular Hbond substituents is 3. The molecule has 0 radical (unpaired) electrons. The minimum Gasteiger partial charge on any atom is -0.508 e. The van der Waals surface area contributed by atoms with E-state index < -0.39 is 30.1 Å². The second kappa shape index (κ2) is 17.4. The Morgan fingerprint density at radius 3 is 2.17 bits per heavy atom. The summed E-state index contributed by atoms with van der Waals surface area (Å²) in [4.78, 5) is 0. The Hall–Kier alpha value is -5.16. The third kappa shape index (κ3) is 8.17. The summed E-state index contributed by atoms with van der Waals surface area (Å²) in [6.45, 7) is 0.632. The second-order valence-corrected chi connectivity index (χ2v) is 17.2. The topological polar surface area (TPSA) is 147 Å². The molecular weight excluding hydrogens is 761 g/mol. The van der Waals surface area contributed by atoms with Gasteiger partial charge in [0.15, 0.2) is 0 Å². The van der Waals surface area contributed by atoms with Gasteiger partial charge in [0.05, 0.1) is 31.0 Å². The molecular formula is C50H56O10. The zero-order chi connectivity index (χ0) is 41.3. The minimum absolute atomic E-state index is 0.0391. The fourth-order valence-corrected chi connectivity index (χ4v) is 10.2. The summed E-state index contributed by atoms with van der Waals surface area (Å²) in [5, 5.41) is 58.4. The zero-order valence-corrected chi connectivity index (χ0v) is 34.2. The summed E-state index contributed by atoms with van der Waals surface area (Å²) in [6.07, 6.45) is 8.51. The van der Waals surface area contributed by atoms with Gasteiger partial charge in [0.2, 0.25) is 0 Å². The molecule has 0 bridgehead atoms. The third-order valence-corrected chi connectivity index (χ3v) is 13.2. The van der Waals surface area contributed by atoms with Crippen LogP contribution in [-0.4, -0.2) is 64.2 Å². The van der Waals surface area contributed by atoms with Crippen LogP contribution in [-0.2, 0) is 11.2 Å². The number of aliphatic hydroxyl groups excluding tert-OH is 2. The number of benzene rings is 5. The van der Waals surface area contributed by atoms with Gasteiger partial charge in [0, 0.05) is 59.4 Å². The van der Waals surface area contributed by atoms with Crippen molar-refractivity contribution < 1.29 is 49.2 Å². The molecule has 5 unspecified atom stereocenters. The van der Waals surface area contributed by atoms with Crippen LogP contribution in [0.25, 0.3) is 21.9 Å². The van der Waals surface area contributed by atoms with Crippen LogP contribution >= 0.6 is 0 Å². The first-order chi connectivity index (χ1) is 29.2. The fourth-order valence-electron chi connectivity index (χ4n) is 10.2. The first-order valence-corrected chi connectivity index (χ1v) is 21.8. The Balaban J connectivity index is 1.10. The van der Waals surface area contributed by atoms with Crippen molar-refractivity contribution in [2.45, 2.75) is 108 Å². The number of methoxy groups -OCH3 is 1. The van der Waals surface area contributed by atoms with E-state index >= 15 is 0 Å². The van der Waals surface area contributed by atoms with Crippen LogP contribution in [0.5, 0.6) is 40.2 Å². The van der Waals surface area contributed by atoms with Crippen LogP contribution in [0.1, 0.15) is 105 Å². The van der Waals surface area contributed by atoms with Crippen molar-refractivity contribution in [3.8, 4) is 51.4 Å². The van der Waals surface area contributed by atoms with Crippen molar-refractivity contribution in [1.29, 1.82) is 0 Å². The average molecular weight is 817 g/mol. The van der Waals surface area contributed by atoms with Crippen LogP contribution in [0.15, 0.2) is 78.9 Å². The normalized spacial score (nSPS) is 23.1. The van der Waals surface area contributed by atoms with Crippen molar-refractivity contribution in [3.63, 3.8) is 0 Å². The molecule has 2 fully saturated rings. The number of phenols is 3. The lowest BCUT2D eigenvalue weighted by Crippen LogP contribution is -2.46. The summed E-state index contributed by atoms with van der Waals surface area (Å²) in [6, 6.07) is 23.2. The van der Waals surface area contributed by atoms with Crippen molar-refractivity contribution in [1.82, 2.24) is 0 Å². The number of ether oxygens (including phenoxy) is 5. The van der Waals surface area contributed by atoms with Crippen LogP contribution in [0.4, 0.5) is 0 Å². The van der Waals surface area contributed by atoms with Crippen LogP contribution in [0.2, 0.25) is 0 Å². The molecule has 0 amide bonds. The number of fused-ring (bicyclic) bond motifs is 4. The average Bonchev–Trinajstić information content (AvgIpc) is 3.76. The number of aliphatic hydroxyl groups is 2. The maximum Gasteiger partial charge on any atom is 0.133 e. The van der Waals surface area contributed by atoms with Gasteiger partial charge in [-0.15, -0.1) is 0 Å². The second-order valence-electron chi connectivity index (χ2n) is 17.2. The van der Waals surface area contributed by atoms with Gasteiger partial charge in [-0.3, -0.25) is 0 Å². The van der Waals surface area contributed by atoms with Crippen LogP contribution in [0.3, 0.4) is 0 Å². The van der Waals surface area contributed by atoms with Crippen molar-refractivity contribution >= 4 is 10.8 Å². The Labute approximate surface area is 351 Å². The predicted octanol–water partition coefficient (Wildman–Crippen LogP) is 9.83. The molecule has 0 saturated heterocycles. The highest BCUT2D eigenvalue weighted by Crippen LogP contribution is 2.54. The molecule has 9 rings (SSSR count). The van der Waals surface area contributed by atoms with Gasteiger partial charge in [0.25, 0.3) is 0 Å². The monoisotopic (exact) mass is 816 g/mol. The molecule has 316 valence electrons. The smallest absolute Gasteiger partial charge is 0.133 e. The SMILES string of the molecule is COCCCC1Oc2c(cc(OC3CCCCC3)c3cc(O)ccc23)C(O)C1C1COc2c(Cc3cc(O)ccc3-c3cccc(O)c3)cc(OC3CCCC3)cc2C1O. The standard InChI is InChI=1S/C50H56O10/c1-56-20-8-15-44-46(48(55)42-27-45(59-36-11-3-2-4-12-36)40-25-34(53)17-19-39(40)50(42)60-44)43-28-57-49-31(24-37(26-41(49)47(43)54)58-35-13-5-6-14-35)21-30-23-33(52)16-18-38(30)29-9-7-10-32(51)22-29/h7,9-10,16-19,22-27,35-36,43-44,46-48,51-55H,2-6,8,11-15,20-21,28H2,1H3. The maximum atomic E-state index is 12.6. The van der Waals surface area contributed by atoms with Crippen molar-refractivity contribution in [2.24, 2.45) is 11.8 Å². The quantitative estimate of drug-likeness (QED) is 0.0771. The summed E-state index contributed by atoms with van der Waals surface area (Å²) in [7, 11) is 1.67. The molecule has 5 atom stereocenters. The lowest BCUT2D eigenvalue weighted by Gasteiger charge is -2.45. The molecule has 10 nitrogen and oxygen atoms in total. The van der Waals surface area contributed by atoms with E-state index in [0.29, 0.717) is 60.0 Å². The van der Waals surface area contributed by atoms with Gasteiger partial charge < -0.3 is 49.2 Å². The maximum absolute atomic E-state index is 12.6. The Morgan fingerprint density at radius 1 is 0.667 bits per heavy atom. The van der Waals surface area contributed by atoms with Gasteiger partial charge in [-0.25, -0.2) is 0 Å². The third-order valence-electron chi connectivity index (χ3n) is 13.2. The first-order valence-electron chi connectivity index (χ1n) is 21.8. The molecule has 5 aromatic carbocycles. The molecule has 5 N–H and O–H groups in total. The van der Waals surface area contributed by atoms with Gasteiger partial charge >= 0.3 is 0 Å². The highest BCUT2D eigenvalue weighted by atomic mass is 16.5. The molecule has 60 heavy (non-hydrogen) atoms. The molecule has 2 aliphatic heterocycles. The summed E-state index contributed by atoms with van der Waals surface area (Å²) < 4.78 is 32.4. The van der Waals surface area contributed by atoms with E-state index in [2.05, 4.69) is 0 Å². The number of aromatic hydroxyl groups is 3.